The maximum Gasteiger partial charge on any atom is 0.321 e. The molecule has 156 valence electrons. The van der Waals surface area contributed by atoms with Crippen LogP contribution in [0, 0.1) is 11.6 Å². The van der Waals surface area contributed by atoms with E-state index in [1.165, 1.54) is 0 Å². The first-order chi connectivity index (χ1) is 14.0. The number of urea groups is 1. The number of nitrogens with zero attached hydrogens (tertiary/aromatic N) is 2. The summed E-state index contributed by atoms with van der Waals surface area (Å²) in [7, 11) is 0. The van der Waals surface area contributed by atoms with Gasteiger partial charge in [-0.2, -0.15) is 0 Å². The summed E-state index contributed by atoms with van der Waals surface area (Å²) in [4.78, 5) is 29.9. The van der Waals surface area contributed by atoms with Crippen LogP contribution in [0.4, 0.5) is 19.3 Å². The number of amides is 3. The normalized spacial score (nSPS) is 14.7. The highest BCUT2D eigenvalue weighted by Gasteiger charge is 2.26. The number of piperidine rings is 1. The van der Waals surface area contributed by atoms with Crippen LogP contribution in [-0.4, -0.2) is 41.5 Å². The van der Waals surface area contributed by atoms with Gasteiger partial charge in [-0.15, -0.1) is 11.3 Å². The van der Waals surface area contributed by atoms with E-state index >= 15 is 0 Å². The van der Waals surface area contributed by atoms with E-state index in [0.717, 1.165) is 41.7 Å². The molecule has 1 saturated heterocycles. The molecule has 2 heterocycles. The number of benzene rings is 1. The second-order valence-corrected chi connectivity index (χ2v) is 7.84. The van der Waals surface area contributed by atoms with Crippen molar-refractivity contribution in [2.24, 2.45) is 0 Å². The van der Waals surface area contributed by atoms with E-state index in [1.54, 1.807) is 16.2 Å². The second-order valence-electron chi connectivity index (χ2n) is 6.95. The van der Waals surface area contributed by atoms with Crippen molar-refractivity contribution in [3.05, 3.63) is 45.9 Å². The summed E-state index contributed by atoms with van der Waals surface area (Å²) in [6.45, 7) is 3.44. The Hall–Kier alpha value is -2.55. The third-order valence-corrected chi connectivity index (χ3v) is 5.95. The molecule has 2 N–H and O–H groups in total. The van der Waals surface area contributed by atoms with Crippen molar-refractivity contribution in [2.45, 2.75) is 38.5 Å². The first kappa shape index (κ1) is 21.2. The summed E-state index contributed by atoms with van der Waals surface area (Å²) >= 11 is 1.60. The number of carbonyl (C=O) groups excluding carboxylic acids is 2. The SMILES string of the molecule is CCC(=O)NCCc1csc(C2CCN(C(=O)Nc3cc(F)ccc3F)CC2)n1. The lowest BCUT2D eigenvalue weighted by Crippen LogP contribution is -2.40. The third kappa shape index (κ3) is 5.72. The third-order valence-electron chi connectivity index (χ3n) is 4.90. The zero-order chi connectivity index (χ0) is 20.8. The minimum Gasteiger partial charge on any atom is -0.356 e. The van der Waals surface area contributed by atoms with E-state index in [4.69, 9.17) is 0 Å². The first-order valence-corrected chi connectivity index (χ1v) is 10.6. The van der Waals surface area contributed by atoms with Gasteiger partial charge in [0.15, 0.2) is 0 Å². The van der Waals surface area contributed by atoms with E-state index in [-0.39, 0.29) is 17.5 Å². The van der Waals surface area contributed by atoms with E-state index in [1.807, 2.05) is 12.3 Å². The highest BCUT2D eigenvalue weighted by molar-refractivity contribution is 7.09. The molecular formula is C20H24F2N4O2S. The van der Waals surface area contributed by atoms with Crippen molar-refractivity contribution in [1.82, 2.24) is 15.2 Å². The van der Waals surface area contributed by atoms with Crippen molar-refractivity contribution < 1.29 is 18.4 Å². The molecule has 3 amide bonds. The summed E-state index contributed by atoms with van der Waals surface area (Å²) in [5.74, 6) is -0.965. The molecule has 0 unspecified atom stereocenters. The summed E-state index contributed by atoms with van der Waals surface area (Å²) < 4.78 is 27.0. The predicted molar refractivity (Wildman–Crippen MR) is 108 cm³/mol. The van der Waals surface area contributed by atoms with Crippen molar-refractivity contribution in [3.63, 3.8) is 0 Å². The van der Waals surface area contributed by atoms with Gasteiger partial charge >= 0.3 is 6.03 Å². The molecule has 0 atom stereocenters. The number of hydrogen-bond acceptors (Lipinski definition) is 4. The number of rotatable bonds is 6. The van der Waals surface area contributed by atoms with Crippen LogP contribution >= 0.6 is 11.3 Å². The van der Waals surface area contributed by atoms with Gasteiger partial charge in [0.2, 0.25) is 5.91 Å². The van der Waals surface area contributed by atoms with Crippen molar-refractivity contribution >= 4 is 29.0 Å². The number of thiazole rings is 1. The molecule has 1 aliphatic rings. The standard InChI is InChI=1S/C20H24F2N4O2S/c1-2-18(27)23-8-5-15-12-29-19(24-15)13-6-9-26(10-7-13)20(28)25-17-11-14(21)3-4-16(17)22/h3-4,11-13H,2,5-10H2,1H3,(H,23,27)(H,25,28). The zero-order valence-electron chi connectivity index (χ0n) is 16.2. The van der Waals surface area contributed by atoms with Gasteiger partial charge in [-0.3, -0.25) is 4.79 Å². The largest absolute Gasteiger partial charge is 0.356 e. The van der Waals surface area contributed by atoms with Crippen molar-refractivity contribution in [1.29, 1.82) is 0 Å². The molecule has 0 spiro atoms. The second kappa shape index (κ2) is 9.78. The Kier molecular flexibility index (Phi) is 7.13. The Bertz CT molecular complexity index is 866. The molecule has 0 aliphatic carbocycles. The molecule has 29 heavy (non-hydrogen) atoms. The Morgan fingerprint density at radius 3 is 2.76 bits per heavy atom. The molecule has 1 aliphatic heterocycles. The average Bonchev–Trinajstić information content (AvgIpc) is 3.19. The van der Waals surface area contributed by atoms with E-state index in [2.05, 4.69) is 15.6 Å². The maximum absolute atomic E-state index is 13.7. The fraction of sp³-hybridized carbons (Fsp3) is 0.450. The van der Waals surface area contributed by atoms with Crippen LogP contribution in [0.1, 0.15) is 42.8 Å². The maximum atomic E-state index is 13.7. The Balaban J connectivity index is 1.48. The number of likely N-dealkylation sites (tertiary alicyclic amines) is 1. The number of hydrogen-bond donors (Lipinski definition) is 2. The predicted octanol–water partition coefficient (Wildman–Crippen LogP) is 3.90. The molecule has 6 nitrogen and oxygen atoms in total. The van der Waals surface area contributed by atoms with Gasteiger partial charge in [0.25, 0.3) is 0 Å². The summed E-state index contributed by atoms with van der Waals surface area (Å²) in [6, 6.07) is 2.54. The molecule has 9 heteroatoms. The summed E-state index contributed by atoms with van der Waals surface area (Å²) in [6.07, 6.45) is 2.69. The molecule has 3 rings (SSSR count). The minimum atomic E-state index is -0.667. The molecule has 0 saturated carbocycles. The Morgan fingerprint density at radius 1 is 1.28 bits per heavy atom. The van der Waals surface area contributed by atoms with Crippen LogP contribution < -0.4 is 10.6 Å². The van der Waals surface area contributed by atoms with Crippen LogP contribution in [0.5, 0.6) is 0 Å². The zero-order valence-corrected chi connectivity index (χ0v) is 17.0. The number of halogens is 2. The van der Waals surface area contributed by atoms with Gasteiger partial charge in [-0.1, -0.05) is 6.92 Å². The molecule has 1 aromatic heterocycles. The van der Waals surface area contributed by atoms with Gasteiger partial charge in [-0.25, -0.2) is 18.6 Å². The topological polar surface area (TPSA) is 74.3 Å². The van der Waals surface area contributed by atoms with Gasteiger partial charge in [0.1, 0.15) is 11.6 Å². The van der Waals surface area contributed by atoms with Crippen LogP contribution in [0.2, 0.25) is 0 Å². The molecule has 0 radical (unpaired) electrons. The number of anilines is 1. The molecule has 0 bridgehead atoms. The van der Waals surface area contributed by atoms with Crippen molar-refractivity contribution in [2.75, 3.05) is 25.0 Å². The minimum absolute atomic E-state index is 0.0317. The molecule has 1 aromatic carbocycles. The molecular weight excluding hydrogens is 398 g/mol. The smallest absolute Gasteiger partial charge is 0.321 e. The first-order valence-electron chi connectivity index (χ1n) is 9.68. The van der Waals surface area contributed by atoms with E-state index < -0.39 is 17.7 Å². The number of aromatic nitrogens is 1. The van der Waals surface area contributed by atoms with Gasteiger partial charge < -0.3 is 15.5 Å². The fourth-order valence-electron chi connectivity index (χ4n) is 3.20. The quantitative estimate of drug-likeness (QED) is 0.741. The lowest BCUT2D eigenvalue weighted by molar-refractivity contribution is -0.120. The van der Waals surface area contributed by atoms with Gasteiger partial charge in [0.05, 0.1) is 16.4 Å². The molecule has 2 aromatic rings. The van der Waals surface area contributed by atoms with Gasteiger partial charge in [-0.05, 0) is 25.0 Å². The van der Waals surface area contributed by atoms with Crippen LogP contribution in [0.15, 0.2) is 23.6 Å². The molecule has 1 fully saturated rings. The van der Waals surface area contributed by atoms with Gasteiger partial charge in [0, 0.05) is 49.8 Å². The average molecular weight is 423 g/mol. The lowest BCUT2D eigenvalue weighted by atomic mass is 9.98. The summed E-state index contributed by atoms with van der Waals surface area (Å²) in [5, 5.41) is 8.33. The van der Waals surface area contributed by atoms with Crippen LogP contribution in [-0.2, 0) is 11.2 Å². The van der Waals surface area contributed by atoms with E-state index in [9.17, 15) is 18.4 Å². The number of nitrogens with one attached hydrogen (secondary N) is 2. The fourth-order valence-corrected chi connectivity index (χ4v) is 4.22. The van der Waals surface area contributed by atoms with Crippen LogP contribution in [0.3, 0.4) is 0 Å². The lowest BCUT2D eigenvalue weighted by Gasteiger charge is -2.31. The monoisotopic (exact) mass is 422 g/mol. The van der Waals surface area contributed by atoms with Crippen LogP contribution in [0.25, 0.3) is 0 Å². The Labute approximate surface area is 172 Å². The Morgan fingerprint density at radius 2 is 2.03 bits per heavy atom. The van der Waals surface area contributed by atoms with Crippen molar-refractivity contribution in [3.8, 4) is 0 Å². The van der Waals surface area contributed by atoms with E-state index in [0.29, 0.717) is 32.5 Å². The number of carbonyl (C=O) groups is 2. The highest BCUT2D eigenvalue weighted by atomic mass is 32.1. The summed E-state index contributed by atoms with van der Waals surface area (Å²) in [5.41, 5.74) is 0.806. The highest BCUT2D eigenvalue weighted by Crippen LogP contribution is 2.30.